The maximum absolute atomic E-state index is 11.8. The van der Waals surface area contributed by atoms with E-state index >= 15 is 0 Å². The van der Waals surface area contributed by atoms with Crippen molar-refractivity contribution in [3.05, 3.63) is 16.0 Å². The van der Waals surface area contributed by atoms with Crippen molar-refractivity contribution >= 4 is 22.2 Å². The summed E-state index contributed by atoms with van der Waals surface area (Å²) in [6, 6.07) is 2.28. The van der Waals surface area contributed by atoms with Crippen molar-refractivity contribution in [2.45, 2.75) is 39.0 Å². The van der Waals surface area contributed by atoms with Crippen molar-refractivity contribution < 1.29 is 4.79 Å². The fourth-order valence-corrected chi connectivity index (χ4v) is 3.88. The number of anilines is 1. The number of carbonyl (C=O) groups is 1. The molecule has 1 aromatic heterocycles. The average Bonchev–Trinajstić information content (AvgIpc) is 3.12. The molecule has 1 N–H and O–H groups in total. The molecule has 0 saturated heterocycles. The summed E-state index contributed by atoms with van der Waals surface area (Å²) in [5.41, 5.74) is 1.91. The molecule has 3 nitrogen and oxygen atoms in total. The number of hydrogen-bond acceptors (Lipinski definition) is 3. The fourth-order valence-electron chi connectivity index (χ4n) is 2.52. The highest BCUT2D eigenvalue weighted by Crippen LogP contribution is 2.40. The van der Waals surface area contributed by atoms with Crippen molar-refractivity contribution in [2.75, 3.05) is 5.32 Å². The monoisotopic (exact) mass is 260 g/mol. The maximum atomic E-state index is 11.8. The Hall–Kier alpha value is -1.34. The summed E-state index contributed by atoms with van der Waals surface area (Å²) in [5.74, 6) is 0.974. The Morgan fingerprint density at radius 3 is 2.89 bits per heavy atom. The van der Waals surface area contributed by atoms with Gasteiger partial charge in [-0.25, -0.2) is 0 Å². The molecule has 1 atom stereocenters. The van der Waals surface area contributed by atoms with E-state index in [9.17, 15) is 10.1 Å². The lowest BCUT2D eigenvalue weighted by molar-refractivity contribution is -0.117. The third kappa shape index (κ3) is 2.04. The van der Waals surface area contributed by atoms with Crippen LogP contribution in [0.2, 0.25) is 0 Å². The minimum atomic E-state index is 0.0955. The lowest BCUT2D eigenvalue weighted by Crippen LogP contribution is -2.13. The topological polar surface area (TPSA) is 52.9 Å². The lowest BCUT2D eigenvalue weighted by Gasteiger charge is -2.17. The van der Waals surface area contributed by atoms with E-state index in [0.29, 0.717) is 5.92 Å². The van der Waals surface area contributed by atoms with Gasteiger partial charge in [-0.15, -0.1) is 11.3 Å². The molecule has 0 bridgehead atoms. The fraction of sp³-hybridized carbons (Fsp3) is 0.571. The van der Waals surface area contributed by atoms with Gasteiger partial charge in [0.2, 0.25) is 5.91 Å². The van der Waals surface area contributed by atoms with E-state index < -0.39 is 0 Å². The molecule has 1 saturated carbocycles. The molecule has 0 radical (unpaired) electrons. The molecular formula is C14H16N2OS. The molecule has 2 aliphatic carbocycles. The third-order valence-electron chi connectivity index (χ3n) is 3.81. The first-order chi connectivity index (χ1) is 8.69. The van der Waals surface area contributed by atoms with E-state index in [2.05, 4.69) is 18.3 Å². The highest BCUT2D eigenvalue weighted by Gasteiger charge is 2.31. The van der Waals surface area contributed by atoms with Crippen LogP contribution in [-0.2, 0) is 17.6 Å². The predicted octanol–water partition coefficient (Wildman–Crippen LogP) is 3.09. The first kappa shape index (κ1) is 11.7. The first-order valence-electron chi connectivity index (χ1n) is 6.54. The summed E-state index contributed by atoms with van der Waals surface area (Å²) in [4.78, 5) is 13.1. The van der Waals surface area contributed by atoms with Crippen LogP contribution in [-0.4, -0.2) is 5.91 Å². The quantitative estimate of drug-likeness (QED) is 0.888. The van der Waals surface area contributed by atoms with Gasteiger partial charge in [0.1, 0.15) is 11.1 Å². The summed E-state index contributed by atoms with van der Waals surface area (Å²) in [7, 11) is 0. The second-order valence-corrected chi connectivity index (χ2v) is 6.54. The Kier molecular flexibility index (Phi) is 2.87. The molecule has 0 aliphatic heterocycles. The highest BCUT2D eigenvalue weighted by atomic mass is 32.1. The Morgan fingerprint density at radius 1 is 1.44 bits per heavy atom. The summed E-state index contributed by atoms with van der Waals surface area (Å²) in [6.45, 7) is 2.25. The lowest BCUT2D eigenvalue weighted by atomic mass is 9.88. The van der Waals surface area contributed by atoms with Crippen LogP contribution in [0.15, 0.2) is 0 Å². The van der Waals surface area contributed by atoms with Crippen LogP contribution in [0, 0.1) is 23.2 Å². The zero-order valence-corrected chi connectivity index (χ0v) is 11.3. The number of fused-ring (bicyclic) bond motifs is 1. The van der Waals surface area contributed by atoms with E-state index in [1.165, 1.54) is 10.4 Å². The molecule has 94 valence electrons. The molecule has 18 heavy (non-hydrogen) atoms. The number of thiophene rings is 1. The minimum absolute atomic E-state index is 0.0955. The van der Waals surface area contributed by atoms with Gasteiger partial charge < -0.3 is 5.32 Å². The molecule has 2 aliphatic rings. The summed E-state index contributed by atoms with van der Waals surface area (Å²) in [6.07, 6.45) is 5.17. The van der Waals surface area contributed by atoms with Crippen LogP contribution in [0.5, 0.6) is 0 Å². The van der Waals surface area contributed by atoms with Gasteiger partial charge in [0.15, 0.2) is 0 Å². The molecule has 0 aromatic carbocycles. The summed E-state index contributed by atoms with van der Waals surface area (Å²) in [5, 5.41) is 13.0. The van der Waals surface area contributed by atoms with Crippen LogP contribution < -0.4 is 5.32 Å². The SMILES string of the molecule is CC1CCc2c(sc(NC(=O)C3CC3)c2C#N)C1. The summed E-state index contributed by atoms with van der Waals surface area (Å²) >= 11 is 1.61. The normalized spacial score (nSPS) is 22.1. The Labute approximate surface area is 111 Å². The predicted molar refractivity (Wildman–Crippen MR) is 71.6 cm³/mol. The molecule has 1 unspecified atom stereocenters. The van der Waals surface area contributed by atoms with Gasteiger partial charge >= 0.3 is 0 Å². The van der Waals surface area contributed by atoms with Crippen LogP contribution in [0.3, 0.4) is 0 Å². The number of nitriles is 1. The van der Waals surface area contributed by atoms with Crippen molar-refractivity contribution in [2.24, 2.45) is 11.8 Å². The average molecular weight is 260 g/mol. The number of nitrogens with one attached hydrogen (secondary N) is 1. The number of carbonyl (C=O) groups excluding carboxylic acids is 1. The standard InChI is InChI=1S/C14H16N2OS/c1-8-2-5-10-11(7-15)14(18-12(10)6-8)16-13(17)9-3-4-9/h8-9H,2-6H2,1H3,(H,16,17). The van der Waals surface area contributed by atoms with Crippen molar-refractivity contribution in [3.8, 4) is 6.07 Å². The van der Waals surface area contributed by atoms with Gasteiger partial charge in [0.05, 0.1) is 5.56 Å². The zero-order chi connectivity index (χ0) is 12.7. The minimum Gasteiger partial charge on any atom is -0.316 e. The Bertz CT molecular complexity index is 537. The van der Waals surface area contributed by atoms with Gasteiger partial charge in [0, 0.05) is 10.8 Å². The van der Waals surface area contributed by atoms with Gasteiger partial charge in [-0.05, 0) is 43.6 Å². The van der Waals surface area contributed by atoms with E-state index in [4.69, 9.17) is 0 Å². The van der Waals surface area contributed by atoms with Gasteiger partial charge in [-0.3, -0.25) is 4.79 Å². The van der Waals surface area contributed by atoms with Gasteiger partial charge in [0.25, 0.3) is 0 Å². The van der Waals surface area contributed by atoms with E-state index in [-0.39, 0.29) is 11.8 Å². The molecule has 1 fully saturated rings. The molecule has 3 rings (SSSR count). The van der Waals surface area contributed by atoms with Crippen molar-refractivity contribution in [1.82, 2.24) is 0 Å². The zero-order valence-electron chi connectivity index (χ0n) is 10.5. The van der Waals surface area contributed by atoms with Gasteiger partial charge in [-0.2, -0.15) is 5.26 Å². The second-order valence-electron chi connectivity index (χ2n) is 5.43. The molecule has 1 heterocycles. The highest BCUT2D eigenvalue weighted by molar-refractivity contribution is 7.16. The molecule has 1 amide bonds. The van der Waals surface area contributed by atoms with Crippen LogP contribution >= 0.6 is 11.3 Å². The second kappa shape index (κ2) is 4.40. The van der Waals surface area contributed by atoms with Crippen LogP contribution in [0.25, 0.3) is 0 Å². The van der Waals surface area contributed by atoms with E-state index in [1.54, 1.807) is 11.3 Å². The van der Waals surface area contributed by atoms with Crippen LogP contribution in [0.1, 0.15) is 42.2 Å². The van der Waals surface area contributed by atoms with E-state index in [0.717, 1.165) is 42.7 Å². The van der Waals surface area contributed by atoms with Crippen LogP contribution in [0.4, 0.5) is 5.00 Å². The smallest absolute Gasteiger partial charge is 0.228 e. The molecule has 1 aromatic rings. The maximum Gasteiger partial charge on any atom is 0.228 e. The number of nitrogens with zero attached hydrogens (tertiary/aromatic N) is 1. The molecular weight excluding hydrogens is 244 g/mol. The number of rotatable bonds is 2. The van der Waals surface area contributed by atoms with Gasteiger partial charge in [-0.1, -0.05) is 6.92 Å². The Morgan fingerprint density at radius 2 is 2.22 bits per heavy atom. The van der Waals surface area contributed by atoms with Crippen molar-refractivity contribution in [3.63, 3.8) is 0 Å². The molecule has 0 spiro atoms. The number of hydrogen-bond donors (Lipinski definition) is 1. The molecule has 4 heteroatoms. The van der Waals surface area contributed by atoms with Crippen molar-refractivity contribution in [1.29, 1.82) is 5.26 Å². The third-order valence-corrected chi connectivity index (χ3v) is 4.98. The largest absolute Gasteiger partial charge is 0.316 e. The first-order valence-corrected chi connectivity index (χ1v) is 7.36. The Balaban J connectivity index is 1.89. The summed E-state index contributed by atoms with van der Waals surface area (Å²) < 4.78 is 0. The van der Waals surface area contributed by atoms with E-state index in [1.807, 2.05) is 0 Å². The number of amides is 1.